The minimum Gasteiger partial charge on any atom is -0.477 e. The topological polar surface area (TPSA) is 72.2 Å². The Bertz CT molecular complexity index is 688. The number of carboxylic acids is 1. The molecule has 2 aromatic rings. The van der Waals surface area contributed by atoms with Crippen molar-refractivity contribution in [2.24, 2.45) is 0 Å². The van der Waals surface area contributed by atoms with Gasteiger partial charge >= 0.3 is 5.97 Å². The van der Waals surface area contributed by atoms with E-state index in [4.69, 9.17) is 5.11 Å². The molecule has 96 valence electrons. The van der Waals surface area contributed by atoms with Crippen molar-refractivity contribution >= 4 is 5.97 Å². The lowest BCUT2D eigenvalue weighted by molar-refractivity contribution is 0.0694. The van der Waals surface area contributed by atoms with Gasteiger partial charge in [-0.25, -0.2) is 4.79 Å². The summed E-state index contributed by atoms with van der Waals surface area (Å²) in [7, 11) is 0. The van der Waals surface area contributed by atoms with Crippen molar-refractivity contribution in [3.8, 4) is 5.69 Å². The van der Waals surface area contributed by atoms with Crippen molar-refractivity contribution in [3.05, 3.63) is 58.0 Å². The predicted molar refractivity (Wildman–Crippen MR) is 68.8 cm³/mol. The molecule has 5 nitrogen and oxygen atoms in total. The number of aromatic nitrogens is 2. The van der Waals surface area contributed by atoms with Gasteiger partial charge in [0.2, 0.25) is 0 Å². The van der Waals surface area contributed by atoms with Crippen LogP contribution in [0.15, 0.2) is 41.2 Å². The van der Waals surface area contributed by atoms with Gasteiger partial charge in [-0.2, -0.15) is 9.78 Å². The molecule has 19 heavy (non-hydrogen) atoms. The number of hydrogen-bond donors (Lipinski definition) is 1. The van der Waals surface area contributed by atoms with Crippen molar-refractivity contribution in [1.82, 2.24) is 9.78 Å². The van der Waals surface area contributed by atoms with E-state index < -0.39 is 11.5 Å². The maximum atomic E-state index is 12.1. The quantitative estimate of drug-likeness (QED) is 0.909. The van der Waals surface area contributed by atoms with Crippen LogP contribution in [0.1, 0.15) is 34.8 Å². The van der Waals surface area contributed by atoms with Gasteiger partial charge in [-0.15, -0.1) is 0 Å². The summed E-state index contributed by atoms with van der Waals surface area (Å²) in [5, 5.41) is 13.4. The Morgan fingerprint density at radius 1 is 1.26 bits per heavy atom. The van der Waals surface area contributed by atoms with Crippen LogP contribution in [-0.4, -0.2) is 20.9 Å². The molecule has 0 unspecified atom stereocenters. The van der Waals surface area contributed by atoms with Crippen LogP contribution < -0.4 is 5.56 Å². The zero-order valence-corrected chi connectivity index (χ0v) is 10.1. The molecule has 1 aromatic heterocycles. The van der Waals surface area contributed by atoms with Crippen molar-refractivity contribution in [2.45, 2.75) is 18.8 Å². The lowest BCUT2D eigenvalue weighted by Crippen LogP contribution is -2.28. The first kappa shape index (κ1) is 11.6. The third kappa shape index (κ3) is 2.14. The zero-order chi connectivity index (χ0) is 13.4. The van der Waals surface area contributed by atoms with Crippen LogP contribution in [0, 0.1) is 0 Å². The molecule has 1 saturated carbocycles. The molecular weight excluding hydrogens is 244 g/mol. The monoisotopic (exact) mass is 256 g/mol. The Kier molecular flexibility index (Phi) is 2.67. The van der Waals surface area contributed by atoms with Gasteiger partial charge in [0.25, 0.3) is 5.56 Å². The average molecular weight is 256 g/mol. The van der Waals surface area contributed by atoms with Crippen molar-refractivity contribution in [3.63, 3.8) is 0 Å². The Labute approximate surface area is 109 Å². The average Bonchev–Trinajstić information content (AvgIpc) is 3.24. The van der Waals surface area contributed by atoms with E-state index in [0.29, 0.717) is 11.4 Å². The SMILES string of the molecule is O=C(O)c1cc(C2CC2)nn(-c2ccccc2)c1=O. The summed E-state index contributed by atoms with van der Waals surface area (Å²) in [4.78, 5) is 23.3. The molecule has 0 amide bonds. The van der Waals surface area contributed by atoms with E-state index in [-0.39, 0.29) is 11.5 Å². The van der Waals surface area contributed by atoms with E-state index in [1.807, 2.05) is 6.07 Å². The molecular formula is C14H12N2O3. The van der Waals surface area contributed by atoms with Gasteiger partial charge in [-0.3, -0.25) is 4.79 Å². The van der Waals surface area contributed by atoms with E-state index in [2.05, 4.69) is 5.10 Å². The van der Waals surface area contributed by atoms with Crippen LogP contribution in [-0.2, 0) is 0 Å². The summed E-state index contributed by atoms with van der Waals surface area (Å²) < 4.78 is 1.18. The van der Waals surface area contributed by atoms with Gasteiger partial charge in [0.05, 0.1) is 11.4 Å². The maximum absolute atomic E-state index is 12.1. The van der Waals surface area contributed by atoms with Crippen LogP contribution >= 0.6 is 0 Å². The number of benzene rings is 1. The molecule has 1 fully saturated rings. The van der Waals surface area contributed by atoms with Crippen molar-refractivity contribution in [1.29, 1.82) is 0 Å². The molecule has 1 aliphatic carbocycles. The van der Waals surface area contributed by atoms with E-state index in [0.717, 1.165) is 12.8 Å². The minimum absolute atomic E-state index is 0.222. The van der Waals surface area contributed by atoms with E-state index in [1.54, 1.807) is 24.3 Å². The maximum Gasteiger partial charge on any atom is 0.341 e. The highest BCUT2D eigenvalue weighted by molar-refractivity contribution is 5.87. The lowest BCUT2D eigenvalue weighted by Gasteiger charge is -2.08. The van der Waals surface area contributed by atoms with E-state index in [1.165, 1.54) is 10.7 Å². The summed E-state index contributed by atoms with van der Waals surface area (Å²) in [6, 6.07) is 10.3. The summed E-state index contributed by atoms with van der Waals surface area (Å²) in [6.07, 6.45) is 2.00. The van der Waals surface area contributed by atoms with Crippen LogP contribution in [0.3, 0.4) is 0 Å². The highest BCUT2D eigenvalue weighted by Crippen LogP contribution is 2.38. The normalized spacial score (nSPS) is 14.3. The highest BCUT2D eigenvalue weighted by Gasteiger charge is 2.28. The second-order valence-electron chi connectivity index (χ2n) is 4.61. The van der Waals surface area contributed by atoms with E-state index >= 15 is 0 Å². The molecule has 1 aliphatic rings. The Morgan fingerprint density at radius 3 is 2.53 bits per heavy atom. The van der Waals surface area contributed by atoms with Crippen molar-refractivity contribution in [2.75, 3.05) is 0 Å². The molecule has 1 heterocycles. The molecule has 0 aliphatic heterocycles. The van der Waals surface area contributed by atoms with Crippen LogP contribution in [0.4, 0.5) is 0 Å². The van der Waals surface area contributed by atoms with Gasteiger partial charge in [0, 0.05) is 5.92 Å². The largest absolute Gasteiger partial charge is 0.477 e. The third-order valence-corrected chi connectivity index (χ3v) is 3.16. The fourth-order valence-electron chi connectivity index (χ4n) is 1.99. The summed E-state index contributed by atoms with van der Waals surface area (Å²) in [5.74, 6) is -0.923. The minimum atomic E-state index is -1.21. The Balaban J connectivity index is 2.23. The van der Waals surface area contributed by atoms with Gasteiger partial charge in [0.15, 0.2) is 0 Å². The van der Waals surface area contributed by atoms with Gasteiger partial charge in [-0.1, -0.05) is 18.2 Å². The summed E-state index contributed by atoms with van der Waals surface area (Å²) in [5.41, 5.74) is 0.446. The number of rotatable bonds is 3. The van der Waals surface area contributed by atoms with Crippen LogP contribution in [0.25, 0.3) is 5.69 Å². The molecule has 0 radical (unpaired) electrons. The number of nitrogens with zero attached hydrogens (tertiary/aromatic N) is 2. The molecule has 0 bridgehead atoms. The fourth-order valence-corrected chi connectivity index (χ4v) is 1.99. The highest BCUT2D eigenvalue weighted by atomic mass is 16.4. The third-order valence-electron chi connectivity index (χ3n) is 3.16. The molecule has 3 rings (SSSR count). The van der Waals surface area contributed by atoms with Crippen LogP contribution in [0.2, 0.25) is 0 Å². The number of aromatic carboxylic acids is 1. The predicted octanol–water partition coefficient (Wildman–Crippen LogP) is 1.81. The van der Waals surface area contributed by atoms with Gasteiger partial charge in [-0.05, 0) is 31.0 Å². The van der Waals surface area contributed by atoms with Gasteiger partial charge in [0.1, 0.15) is 5.56 Å². The van der Waals surface area contributed by atoms with E-state index in [9.17, 15) is 9.59 Å². The second kappa shape index (κ2) is 4.35. The lowest BCUT2D eigenvalue weighted by atomic mass is 10.2. The van der Waals surface area contributed by atoms with Gasteiger partial charge < -0.3 is 5.11 Å². The summed E-state index contributed by atoms with van der Waals surface area (Å²) in [6.45, 7) is 0. The Morgan fingerprint density at radius 2 is 1.95 bits per heavy atom. The number of carboxylic acid groups (broad SMARTS) is 1. The first-order valence-corrected chi connectivity index (χ1v) is 6.10. The molecule has 0 spiro atoms. The smallest absolute Gasteiger partial charge is 0.341 e. The number of para-hydroxylation sites is 1. The molecule has 0 atom stereocenters. The fraction of sp³-hybridized carbons (Fsp3) is 0.214. The molecule has 1 N–H and O–H groups in total. The first-order chi connectivity index (χ1) is 9.16. The molecule has 5 heteroatoms. The second-order valence-corrected chi connectivity index (χ2v) is 4.61. The molecule has 1 aromatic carbocycles. The Hall–Kier alpha value is -2.43. The summed E-state index contributed by atoms with van der Waals surface area (Å²) >= 11 is 0. The number of hydrogen-bond acceptors (Lipinski definition) is 3. The van der Waals surface area contributed by atoms with Crippen molar-refractivity contribution < 1.29 is 9.90 Å². The first-order valence-electron chi connectivity index (χ1n) is 6.10. The van der Waals surface area contributed by atoms with Crippen LogP contribution in [0.5, 0.6) is 0 Å². The number of carbonyl (C=O) groups is 1. The molecule has 0 saturated heterocycles. The standard InChI is InChI=1S/C14H12N2O3/c17-13-11(14(18)19)8-12(9-6-7-9)15-16(13)10-4-2-1-3-5-10/h1-5,8-9H,6-7H2,(H,18,19). The zero-order valence-electron chi connectivity index (χ0n) is 10.1.